The van der Waals surface area contributed by atoms with E-state index in [1.807, 2.05) is 0 Å². The van der Waals surface area contributed by atoms with Crippen molar-refractivity contribution in [3.63, 3.8) is 0 Å². The maximum Gasteiger partial charge on any atom is 0.412 e. The standard InChI is InChI=1S/C10H12F3NO4/c1-6(10(11,12)13)3-7(15)14-9(4-18-5-9)8(16)17-2/h3H,4-5H2,1-2H3,(H,14,15)/b6-3+. The van der Waals surface area contributed by atoms with E-state index in [1.54, 1.807) is 0 Å². The molecule has 0 spiro atoms. The molecule has 1 fully saturated rings. The zero-order valence-electron chi connectivity index (χ0n) is 9.76. The van der Waals surface area contributed by atoms with Gasteiger partial charge in [0.25, 0.3) is 0 Å². The largest absolute Gasteiger partial charge is 0.467 e. The molecule has 1 aliphatic heterocycles. The highest BCUT2D eigenvalue weighted by molar-refractivity contribution is 5.94. The molecule has 0 aromatic rings. The Kier molecular flexibility index (Phi) is 4.00. The number of carbonyl (C=O) groups is 2. The van der Waals surface area contributed by atoms with Crippen LogP contribution < -0.4 is 5.32 Å². The van der Waals surface area contributed by atoms with Crippen LogP contribution in [-0.4, -0.2) is 43.9 Å². The lowest BCUT2D eigenvalue weighted by atomic mass is 9.97. The minimum absolute atomic E-state index is 0.121. The number of halogens is 3. The molecule has 8 heteroatoms. The summed E-state index contributed by atoms with van der Waals surface area (Å²) in [6, 6.07) is 0. The van der Waals surface area contributed by atoms with Gasteiger partial charge in [-0.25, -0.2) is 4.79 Å². The molecule has 1 saturated heterocycles. The maximum atomic E-state index is 12.2. The quantitative estimate of drug-likeness (QED) is 0.599. The Bertz CT molecular complexity index is 385. The predicted octanol–water partition coefficient (Wildman–Crippen LogP) is 0.553. The van der Waals surface area contributed by atoms with Gasteiger partial charge in [-0.2, -0.15) is 13.2 Å². The van der Waals surface area contributed by atoms with Crippen molar-refractivity contribution in [2.45, 2.75) is 18.6 Å². The Hall–Kier alpha value is -1.57. The first-order chi connectivity index (χ1) is 8.21. The van der Waals surface area contributed by atoms with Crippen LogP contribution in [0, 0.1) is 0 Å². The molecule has 102 valence electrons. The highest BCUT2D eigenvalue weighted by Crippen LogP contribution is 2.25. The molecule has 0 radical (unpaired) electrons. The number of rotatable bonds is 3. The fraction of sp³-hybridized carbons (Fsp3) is 0.600. The fourth-order valence-corrected chi connectivity index (χ4v) is 1.29. The predicted molar refractivity (Wildman–Crippen MR) is 53.5 cm³/mol. The van der Waals surface area contributed by atoms with Crippen LogP contribution in [0.5, 0.6) is 0 Å². The van der Waals surface area contributed by atoms with Crippen LogP contribution in [0.25, 0.3) is 0 Å². The molecule has 1 heterocycles. The second-order valence-corrected chi connectivity index (χ2v) is 3.88. The van der Waals surface area contributed by atoms with Crippen molar-refractivity contribution in [2.75, 3.05) is 20.3 Å². The summed E-state index contributed by atoms with van der Waals surface area (Å²) in [4.78, 5) is 22.8. The van der Waals surface area contributed by atoms with Crippen molar-refractivity contribution in [3.05, 3.63) is 11.6 Å². The molecule has 0 aliphatic carbocycles. The summed E-state index contributed by atoms with van der Waals surface area (Å²) < 4.78 is 45.8. The normalized spacial score (nSPS) is 18.8. The van der Waals surface area contributed by atoms with Gasteiger partial charge in [0.15, 0.2) is 5.54 Å². The lowest BCUT2D eigenvalue weighted by Gasteiger charge is -2.38. The Labute approximate surface area is 101 Å². The van der Waals surface area contributed by atoms with Gasteiger partial charge in [0.1, 0.15) is 0 Å². The van der Waals surface area contributed by atoms with E-state index in [0.717, 1.165) is 14.0 Å². The van der Waals surface area contributed by atoms with Crippen molar-refractivity contribution in [1.29, 1.82) is 0 Å². The average molecular weight is 267 g/mol. The number of amides is 1. The monoisotopic (exact) mass is 267 g/mol. The van der Waals surface area contributed by atoms with Gasteiger partial charge in [0.2, 0.25) is 5.91 Å². The molecular weight excluding hydrogens is 255 g/mol. The topological polar surface area (TPSA) is 64.6 Å². The molecule has 1 N–H and O–H groups in total. The number of hydrogen-bond donors (Lipinski definition) is 1. The summed E-state index contributed by atoms with van der Waals surface area (Å²) in [6.45, 7) is 0.524. The van der Waals surface area contributed by atoms with E-state index >= 15 is 0 Å². The van der Waals surface area contributed by atoms with Gasteiger partial charge < -0.3 is 14.8 Å². The molecule has 0 unspecified atom stereocenters. The summed E-state index contributed by atoms with van der Waals surface area (Å²) in [5.41, 5.74) is -2.44. The molecule has 0 bridgehead atoms. The first-order valence-corrected chi connectivity index (χ1v) is 4.95. The number of nitrogens with one attached hydrogen (secondary N) is 1. The minimum atomic E-state index is -4.58. The molecule has 5 nitrogen and oxygen atoms in total. The highest BCUT2D eigenvalue weighted by Gasteiger charge is 2.48. The third-order valence-corrected chi connectivity index (χ3v) is 2.43. The van der Waals surface area contributed by atoms with Gasteiger partial charge in [-0.1, -0.05) is 0 Å². The van der Waals surface area contributed by atoms with Crippen LogP contribution >= 0.6 is 0 Å². The van der Waals surface area contributed by atoms with Crippen LogP contribution in [0.3, 0.4) is 0 Å². The number of carbonyl (C=O) groups excluding carboxylic acids is 2. The second-order valence-electron chi connectivity index (χ2n) is 3.88. The Morgan fingerprint density at radius 1 is 1.39 bits per heavy atom. The van der Waals surface area contributed by atoms with Gasteiger partial charge in [-0.3, -0.25) is 4.79 Å². The van der Waals surface area contributed by atoms with E-state index in [9.17, 15) is 22.8 Å². The van der Waals surface area contributed by atoms with Crippen molar-refractivity contribution in [3.8, 4) is 0 Å². The van der Waals surface area contributed by atoms with Gasteiger partial charge in [-0.15, -0.1) is 0 Å². The first kappa shape index (κ1) is 14.5. The smallest absolute Gasteiger partial charge is 0.412 e. The van der Waals surface area contributed by atoms with Crippen molar-refractivity contribution >= 4 is 11.9 Å². The molecule has 0 atom stereocenters. The van der Waals surface area contributed by atoms with Crippen LogP contribution in [-0.2, 0) is 19.1 Å². The molecule has 18 heavy (non-hydrogen) atoms. The minimum Gasteiger partial charge on any atom is -0.467 e. The van der Waals surface area contributed by atoms with Gasteiger partial charge >= 0.3 is 12.1 Å². The van der Waals surface area contributed by atoms with Crippen LogP contribution in [0.1, 0.15) is 6.92 Å². The summed E-state index contributed by atoms with van der Waals surface area (Å²) >= 11 is 0. The SMILES string of the molecule is COC(=O)C1(NC(=O)/C=C(\C)C(F)(F)F)COC1. The van der Waals surface area contributed by atoms with Crippen LogP contribution in [0.4, 0.5) is 13.2 Å². The van der Waals surface area contributed by atoms with Gasteiger partial charge in [0, 0.05) is 11.6 Å². The van der Waals surface area contributed by atoms with Crippen molar-refractivity contribution in [2.24, 2.45) is 0 Å². The fourth-order valence-electron chi connectivity index (χ4n) is 1.29. The van der Waals surface area contributed by atoms with Crippen molar-refractivity contribution in [1.82, 2.24) is 5.32 Å². The van der Waals surface area contributed by atoms with Gasteiger partial charge in [-0.05, 0) is 6.92 Å². The number of ether oxygens (including phenoxy) is 2. The number of methoxy groups -OCH3 is 1. The second kappa shape index (κ2) is 4.97. The van der Waals surface area contributed by atoms with E-state index < -0.39 is 29.2 Å². The van der Waals surface area contributed by atoms with Gasteiger partial charge in [0.05, 0.1) is 20.3 Å². The Balaban J connectivity index is 2.73. The molecule has 1 rings (SSSR count). The Morgan fingerprint density at radius 3 is 2.28 bits per heavy atom. The summed E-state index contributed by atoms with van der Waals surface area (Å²) in [7, 11) is 1.12. The highest BCUT2D eigenvalue weighted by atomic mass is 19.4. The number of alkyl halides is 3. The lowest BCUT2D eigenvalue weighted by molar-refractivity contribution is -0.171. The molecule has 0 saturated carbocycles. The van der Waals surface area contributed by atoms with Crippen molar-refractivity contribution < 1.29 is 32.2 Å². The van der Waals surface area contributed by atoms with E-state index in [0.29, 0.717) is 6.08 Å². The zero-order valence-corrected chi connectivity index (χ0v) is 9.76. The maximum absolute atomic E-state index is 12.2. The third-order valence-electron chi connectivity index (χ3n) is 2.43. The van der Waals surface area contributed by atoms with E-state index in [1.165, 1.54) is 0 Å². The molecule has 1 aliphatic rings. The number of esters is 1. The number of hydrogen-bond acceptors (Lipinski definition) is 4. The lowest BCUT2D eigenvalue weighted by Crippen LogP contribution is -2.67. The summed E-state index contributed by atoms with van der Waals surface area (Å²) in [5.74, 6) is -1.77. The summed E-state index contributed by atoms with van der Waals surface area (Å²) in [6.07, 6.45) is -4.19. The van der Waals surface area contributed by atoms with E-state index in [2.05, 4.69) is 10.1 Å². The molecule has 1 amide bonds. The van der Waals surface area contributed by atoms with Crippen LogP contribution in [0.15, 0.2) is 11.6 Å². The third kappa shape index (κ3) is 3.00. The van der Waals surface area contributed by atoms with E-state index in [4.69, 9.17) is 4.74 Å². The van der Waals surface area contributed by atoms with E-state index in [-0.39, 0.29) is 13.2 Å². The summed E-state index contributed by atoms with van der Waals surface area (Å²) in [5, 5.41) is 2.17. The van der Waals surface area contributed by atoms with Crippen LogP contribution in [0.2, 0.25) is 0 Å². The average Bonchev–Trinajstić information content (AvgIpc) is 2.20. The molecule has 0 aromatic carbocycles. The number of allylic oxidation sites excluding steroid dienone is 1. The zero-order chi connectivity index (χ0) is 14.0. The molecular formula is C10H12F3NO4. The Morgan fingerprint density at radius 2 is 1.94 bits per heavy atom. The molecule has 0 aromatic heterocycles. The first-order valence-electron chi connectivity index (χ1n) is 4.95.